The molecule has 0 radical (unpaired) electrons. The van der Waals surface area contributed by atoms with Crippen molar-refractivity contribution in [2.45, 2.75) is 69.2 Å². The van der Waals surface area contributed by atoms with Crippen LogP contribution in [0.5, 0.6) is 23.0 Å². The molecule has 6 heterocycles. The molecule has 0 atom stereocenters. The van der Waals surface area contributed by atoms with Crippen LogP contribution in [-0.4, -0.2) is 20.1 Å². The summed E-state index contributed by atoms with van der Waals surface area (Å²) in [5.74, 6) is 1.04. The highest BCUT2D eigenvalue weighted by Crippen LogP contribution is 2.55. The van der Waals surface area contributed by atoms with E-state index < -0.39 is 229 Å². The fourth-order valence-corrected chi connectivity index (χ4v) is 19.3. The second kappa shape index (κ2) is 27.3. The number of hydrogen-bond donors (Lipinski definition) is 1. The van der Waals surface area contributed by atoms with Gasteiger partial charge in [0, 0.05) is 91.8 Å². The molecule has 6 aliphatic heterocycles. The maximum atomic E-state index is 10.1. The Morgan fingerprint density at radius 3 is 0.983 bits per heavy atom. The maximum Gasteiger partial charge on any atom is 0.256 e. The van der Waals surface area contributed by atoms with E-state index in [1.54, 1.807) is 60.7 Å². The SMILES string of the molecule is [2H]c1c([2H])c([2H])c(N(c2cc3c4c(c2)N(c2c(C)cc(C)cc2C)c2cc5c(cc2B4c2ccccc2O3)B2c3cc4c(cc3N(c3c(C)cc(C)cc3C)c3cc(N(c6c([2H])c([2H])c([2H])c([2H])c6[2H])c6c([2H])c([2H])c([2H])c([2H])c6[2H])cc(c32)N5c2c(C)cc(C)cc2C)Nc2cc(N(c3c([2H])c([2H])c([2H])c([2H])c3[2H])c3c([2H])c([2H])c(C)c([2H])c3[2H])cc3c2B4c2ccccc2O3)c2c([2H])c([2H])c([2H])c([2H])c2[2H])c([2H])c1[2H]. The predicted octanol–water partition coefficient (Wildman–Crippen LogP) is 22.3. The van der Waals surface area contributed by atoms with E-state index in [0.717, 1.165) is 64.8 Å². The number of ether oxygens (including phenoxy) is 2. The van der Waals surface area contributed by atoms with Crippen LogP contribution in [0.25, 0.3) is 0 Å². The van der Waals surface area contributed by atoms with Crippen LogP contribution < -0.4 is 93.4 Å². The van der Waals surface area contributed by atoms with Crippen LogP contribution >= 0.6 is 0 Å². The second-order valence-electron chi connectivity index (χ2n) is 30.9. The van der Waals surface area contributed by atoms with Gasteiger partial charge >= 0.3 is 0 Å². The first kappa shape index (κ1) is 46.5. The van der Waals surface area contributed by atoms with Gasteiger partial charge in [-0.1, -0.05) is 210 Å². The van der Waals surface area contributed by atoms with Crippen LogP contribution in [0.15, 0.2) is 321 Å². The normalized spacial score (nSPS) is 16.5. The smallest absolute Gasteiger partial charge is 0.256 e. The summed E-state index contributed by atoms with van der Waals surface area (Å²) in [5, 5.41) is 3.83. The minimum absolute atomic E-state index is 0.0192. The molecule has 0 aromatic heterocycles. The molecule has 0 saturated carbocycles. The molecule has 1 N–H and O–H groups in total. The van der Waals surface area contributed by atoms with E-state index in [4.69, 9.17) is 19.1 Å². The lowest BCUT2D eigenvalue weighted by Crippen LogP contribution is -2.66. The number of anilines is 20. The summed E-state index contributed by atoms with van der Waals surface area (Å²) in [4.78, 5) is 9.66. The van der Waals surface area contributed by atoms with Crippen LogP contribution in [0.3, 0.4) is 0 Å². The first-order valence-corrected chi connectivity index (χ1v) is 38.8. The zero-order valence-electron chi connectivity index (χ0n) is 94.6. The van der Waals surface area contributed by atoms with E-state index in [1.165, 1.54) is 6.92 Å². The Morgan fingerprint density at radius 2 is 0.576 bits per heavy atom. The third-order valence-corrected chi connectivity index (χ3v) is 23.3. The third kappa shape index (κ3) is 11.1. The lowest BCUT2D eigenvalue weighted by Gasteiger charge is -2.48. The molecule has 6 aliphatic rings. The summed E-state index contributed by atoms with van der Waals surface area (Å²) in [6.07, 6.45) is 0. The molecule has 0 amide bonds. The lowest BCUT2D eigenvalue weighted by molar-refractivity contribution is 0.487. The molecular formula is C106H84B3N7O2. The van der Waals surface area contributed by atoms with Crippen molar-refractivity contribution in [2.24, 2.45) is 0 Å². The maximum absolute atomic E-state index is 10.1. The van der Waals surface area contributed by atoms with Crippen LogP contribution in [0.4, 0.5) is 114 Å². The van der Waals surface area contributed by atoms with Gasteiger partial charge in [0.1, 0.15) is 23.0 Å². The highest BCUT2D eigenvalue weighted by atomic mass is 16.5. The summed E-state index contributed by atoms with van der Waals surface area (Å²) in [6.45, 7) is 16.4. The molecule has 0 saturated heterocycles. The molecule has 0 bridgehead atoms. The Kier molecular flexibility index (Phi) is 10.7. The molecule has 9 nitrogen and oxygen atoms in total. The Morgan fingerprint density at radius 1 is 0.254 bits per heavy atom. The van der Waals surface area contributed by atoms with E-state index in [9.17, 15) is 30.2 Å². The van der Waals surface area contributed by atoms with Crippen LogP contribution in [0.1, 0.15) is 95.4 Å². The topological polar surface area (TPSA) is 49.9 Å². The third-order valence-electron chi connectivity index (χ3n) is 23.3. The first-order chi connectivity index (χ1) is 69.7. The molecule has 0 unspecified atom stereocenters. The van der Waals surface area contributed by atoms with Gasteiger partial charge < -0.3 is 44.2 Å². The summed E-state index contributed by atoms with van der Waals surface area (Å²) in [5.41, 5.74) is 14.1. The average molecular weight is 1550 g/mol. The number of nitrogens with one attached hydrogen (secondary N) is 1. The van der Waals surface area contributed by atoms with Crippen molar-refractivity contribution in [2.75, 3.05) is 34.7 Å². The highest BCUT2D eigenvalue weighted by molar-refractivity contribution is 7.04. The van der Waals surface area contributed by atoms with Crippen molar-refractivity contribution in [3.63, 3.8) is 0 Å². The number of nitrogens with zero attached hydrogens (tertiary/aromatic N) is 6. The number of aryl methyl sites for hydroxylation is 9. The van der Waals surface area contributed by atoms with Crippen molar-refractivity contribution >= 4 is 183 Å². The molecular weight excluding hydrogens is 1440 g/mol. The number of rotatable bonds is 12. The van der Waals surface area contributed by atoms with Crippen LogP contribution in [0, 0.1) is 69.2 Å². The van der Waals surface area contributed by atoms with Gasteiger partial charge in [0.2, 0.25) is 0 Å². The zero-order valence-corrected chi connectivity index (χ0v) is 65.6. The first-order valence-electron chi connectivity index (χ1n) is 53.3. The van der Waals surface area contributed by atoms with Gasteiger partial charge in [-0.25, -0.2) is 0 Å². The number of hydrogen-bond acceptors (Lipinski definition) is 9. The van der Waals surface area contributed by atoms with Crippen molar-refractivity contribution in [1.29, 1.82) is 0 Å². The van der Waals surface area contributed by atoms with Crippen molar-refractivity contribution in [3.05, 3.63) is 376 Å². The van der Waals surface area contributed by atoms with Crippen LogP contribution in [-0.2, 0) is 0 Å². The van der Waals surface area contributed by atoms with E-state index in [0.29, 0.717) is 123 Å². The lowest BCUT2D eigenvalue weighted by atomic mass is 9.29. The van der Waals surface area contributed by atoms with E-state index in [2.05, 4.69) is 38.2 Å². The van der Waals surface area contributed by atoms with E-state index in [-0.39, 0.29) is 34.1 Å². The van der Waals surface area contributed by atoms with E-state index >= 15 is 0 Å². The Hall–Kier alpha value is -14.1. The standard InChI is InChI=1S/C106H84B3N7O2/c1-64-44-46-79(47-45-64)113(78-38-24-15-25-39-78)80-54-90-101-99(58-80)117-97-42-28-26-40-83(97)107(101)85-60-86-91(62-89(85)110-90)114(104-68(5)48-65(2)49-69(104)6)94-55-81(111(74-30-16-11-17-31-74)75-32-18-12-19-33-75)56-95-102(94)109(86)88-61-87-92(63-93(88)115(95)105-70(7)50-66(3)51-71(105)8)116(106-72(9)52-67(4)53-73(106)10)96-57-82(59-100-103(96)108(87)84-41-27-29-43-98(84)118-100)112(76-34-20-13-21-35-76)77-36-22-14-23-37-77/h11-63,110H,1-10H3/i11D,12D,13D,14D,15D,16D,17D,18D,19D,20D,21D,22D,23D,24D,25D,30D,31D,32D,33D,34D,35D,36D,37D,38D,39D,44D,45D,46D,47D. The van der Waals surface area contributed by atoms with Gasteiger partial charge in [0.15, 0.2) is 0 Å². The fraction of sp³-hybridized carbons (Fsp3) is 0.0943. The van der Waals surface area contributed by atoms with Gasteiger partial charge in [-0.3, -0.25) is 0 Å². The molecule has 16 aromatic rings. The van der Waals surface area contributed by atoms with Crippen molar-refractivity contribution in [3.8, 4) is 23.0 Å². The van der Waals surface area contributed by atoms with Gasteiger partial charge in [-0.05, 0) is 273 Å². The van der Waals surface area contributed by atoms with Gasteiger partial charge in [0.25, 0.3) is 20.1 Å². The number of para-hydroxylation sites is 7. The molecule has 118 heavy (non-hydrogen) atoms. The Bertz CT molecular complexity index is 8320. The molecule has 564 valence electrons. The summed E-state index contributed by atoms with van der Waals surface area (Å²) < 4.78 is 290. The zero-order chi connectivity index (χ0) is 105. The average Bonchev–Trinajstić information content (AvgIpc) is 0.673. The fourth-order valence-electron chi connectivity index (χ4n) is 19.3. The number of fused-ring (bicyclic) bond motifs is 12. The molecule has 0 aliphatic carbocycles. The molecule has 16 aromatic carbocycles. The summed E-state index contributed by atoms with van der Waals surface area (Å²) in [6, 6.07) is 23.7. The summed E-state index contributed by atoms with van der Waals surface area (Å²) in [7, 11) is 0. The second-order valence-corrected chi connectivity index (χ2v) is 30.9. The highest BCUT2D eigenvalue weighted by Gasteiger charge is 2.51. The minimum atomic E-state index is -1.04. The molecule has 0 spiro atoms. The minimum Gasteiger partial charge on any atom is -0.458 e. The summed E-state index contributed by atoms with van der Waals surface area (Å²) >= 11 is 0. The largest absolute Gasteiger partial charge is 0.458 e. The molecule has 12 heteroatoms. The van der Waals surface area contributed by atoms with Gasteiger partial charge in [-0.15, -0.1) is 0 Å². The Labute approximate surface area is 732 Å². The molecule has 0 fully saturated rings. The van der Waals surface area contributed by atoms with Gasteiger partial charge in [-0.2, -0.15) is 0 Å². The number of benzene rings is 16. The molecule has 22 rings (SSSR count). The monoisotopic (exact) mass is 1550 g/mol. The van der Waals surface area contributed by atoms with Crippen molar-refractivity contribution in [1.82, 2.24) is 0 Å². The van der Waals surface area contributed by atoms with Crippen molar-refractivity contribution < 1.29 is 49.2 Å². The van der Waals surface area contributed by atoms with Crippen LogP contribution in [0.2, 0.25) is 0 Å². The Balaban J connectivity index is 0.915. The quantitative estimate of drug-likeness (QED) is 0.121. The van der Waals surface area contributed by atoms with E-state index in [1.807, 2.05) is 129 Å². The van der Waals surface area contributed by atoms with Gasteiger partial charge in [0.05, 0.1) is 73.9 Å². The predicted molar refractivity (Wildman–Crippen MR) is 499 cm³/mol.